The van der Waals surface area contributed by atoms with Crippen LogP contribution in [0.25, 0.3) is 0 Å². The third kappa shape index (κ3) is 3.22. The molecule has 0 amide bonds. The van der Waals surface area contributed by atoms with Crippen molar-refractivity contribution in [1.82, 2.24) is 0 Å². The number of nitrogens with one attached hydrogen (secondary N) is 1. The number of methoxy groups -OCH3 is 2. The van der Waals surface area contributed by atoms with Crippen molar-refractivity contribution in [1.29, 1.82) is 0 Å². The van der Waals surface area contributed by atoms with E-state index in [9.17, 15) is 5.11 Å². The molecule has 0 bridgehead atoms. The van der Waals surface area contributed by atoms with Crippen LogP contribution in [0, 0.1) is 0 Å². The maximum atomic E-state index is 9.64. The van der Waals surface area contributed by atoms with Crippen LogP contribution in [-0.4, -0.2) is 25.9 Å². The molecule has 0 saturated carbocycles. The Kier molecular flexibility index (Phi) is 4.85. The van der Waals surface area contributed by atoms with Crippen LogP contribution in [-0.2, 0) is 0 Å². The molecule has 4 nitrogen and oxygen atoms in total. The van der Waals surface area contributed by atoms with Gasteiger partial charge < -0.3 is 19.9 Å². The first-order valence-corrected chi connectivity index (χ1v) is 6.43. The van der Waals surface area contributed by atoms with E-state index in [1.165, 1.54) is 0 Å². The molecule has 2 N–H and O–H groups in total. The van der Waals surface area contributed by atoms with Crippen molar-refractivity contribution in [2.75, 3.05) is 26.1 Å². The first kappa shape index (κ1) is 14.2. The summed E-state index contributed by atoms with van der Waals surface area (Å²) in [6.45, 7) is -0.0302. The second-order valence-electron chi connectivity index (χ2n) is 4.35. The highest BCUT2D eigenvalue weighted by atomic mass is 16.5. The van der Waals surface area contributed by atoms with Crippen molar-refractivity contribution < 1.29 is 14.6 Å². The summed E-state index contributed by atoms with van der Waals surface area (Å²) in [5.74, 6) is 1.52. The van der Waals surface area contributed by atoms with E-state index in [1.807, 2.05) is 48.5 Å². The first-order chi connectivity index (χ1) is 9.78. The third-order valence-corrected chi connectivity index (χ3v) is 3.11. The monoisotopic (exact) mass is 273 g/mol. The maximum absolute atomic E-state index is 9.64. The quantitative estimate of drug-likeness (QED) is 0.849. The summed E-state index contributed by atoms with van der Waals surface area (Å²) in [6, 6.07) is 15.0. The highest BCUT2D eigenvalue weighted by Crippen LogP contribution is 2.28. The summed E-state index contributed by atoms with van der Waals surface area (Å²) in [5.41, 5.74) is 1.80. The molecule has 0 spiro atoms. The standard InChI is InChI=1S/C16H19NO3/c1-19-13-7-5-6-12(10-13)17-15(11-18)14-8-3-4-9-16(14)20-2/h3-10,15,17-18H,11H2,1-2H3. The molecule has 0 heterocycles. The van der Waals surface area contributed by atoms with Gasteiger partial charge in [0.1, 0.15) is 11.5 Å². The summed E-state index contributed by atoms with van der Waals surface area (Å²) in [7, 11) is 3.25. The smallest absolute Gasteiger partial charge is 0.124 e. The molecule has 0 radical (unpaired) electrons. The zero-order chi connectivity index (χ0) is 14.4. The van der Waals surface area contributed by atoms with E-state index in [2.05, 4.69) is 5.32 Å². The number of hydrogen-bond donors (Lipinski definition) is 2. The maximum Gasteiger partial charge on any atom is 0.124 e. The third-order valence-electron chi connectivity index (χ3n) is 3.11. The second kappa shape index (κ2) is 6.82. The van der Waals surface area contributed by atoms with Gasteiger partial charge in [0.25, 0.3) is 0 Å². The molecule has 0 aliphatic carbocycles. The Morgan fingerprint density at radius 3 is 2.55 bits per heavy atom. The Bertz CT molecular complexity index is 557. The van der Waals surface area contributed by atoms with Gasteiger partial charge in [-0.25, -0.2) is 0 Å². The Morgan fingerprint density at radius 1 is 1.05 bits per heavy atom. The molecule has 0 aliphatic rings. The molecule has 0 aromatic heterocycles. The van der Waals surface area contributed by atoms with E-state index >= 15 is 0 Å². The number of anilines is 1. The van der Waals surface area contributed by atoms with Crippen LogP contribution >= 0.6 is 0 Å². The van der Waals surface area contributed by atoms with Gasteiger partial charge in [0.05, 0.1) is 26.9 Å². The number of rotatable bonds is 6. The lowest BCUT2D eigenvalue weighted by Gasteiger charge is -2.20. The van der Waals surface area contributed by atoms with Gasteiger partial charge in [0.15, 0.2) is 0 Å². The highest BCUT2D eigenvalue weighted by molar-refractivity contribution is 5.51. The predicted molar refractivity (Wildman–Crippen MR) is 79.4 cm³/mol. The highest BCUT2D eigenvalue weighted by Gasteiger charge is 2.14. The van der Waals surface area contributed by atoms with Gasteiger partial charge in [0, 0.05) is 17.3 Å². The van der Waals surface area contributed by atoms with E-state index in [0.717, 1.165) is 22.7 Å². The molecule has 0 saturated heterocycles. The minimum absolute atomic E-state index is 0.0302. The molecule has 2 rings (SSSR count). The van der Waals surface area contributed by atoms with Crippen molar-refractivity contribution in [3.8, 4) is 11.5 Å². The Morgan fingerprint density at radius 2 is 1.85 bits per heavy atom. The second-order valence-corrected chi connectivity index (χ2v) is 4.35. The van der Waals surface area contributed by atoms with Crippen molar-refractivity contribution in [2.24, 2.45) is 0 Å². The largest absolute Gasteiger partial charge is 0.497 e. The van der Waals surface area contributed by atoms with Crippen LogP contribution in [0.5, 0.6) is 11.5 Å². The number of benzene rings is 2. The van der Waals surface area contributed by atoms with Gasteiger partial charge in [0.2, 0.25) is 0 Å². The SMILES string of the molecule is COc1cccc(NC(CO)c2ccccc2OC)c1. The van der Waals surface area contributed by atoms with Crippen molar-refractivity contribution in [2.45, 2.75) is 6.04 Å². The Balaban J connectivity index is 2.24. The fraction of sp³-hybridized carbons (Fsp3) is 0.250. The molecule has 1 unspecified atom stereocenters. The number of aliphatic hydroxyl groups excluding tert-OH is 1. The topological polar surface area (TPSA) is 50.7 Å². The van der Waals surface area contributed by atoms with Gasteiger partial charge in [-0.15, -0.1) is 0 Å². The first-order valence-electron chi connectivity index (χ1n) is 6.43. The normalized spacial score (nSPS) is 11.8. The summed E-state index contributed by atoms with van der Waals surface area (Å²) < 4.78 is 10.5. The van der Waals surface area contributed by atoms with Crippen LogP contribution < -0.4 is 14.8 Å². The average Bonchev–Trinajstić information content (AvgIpc) is 2.52. The van der Waals surface area contributed by atoms with Crippen LogP contribution in [0.4, 0.5) is 5.69 Å². The molecule has 1 atom stereocenters. The lowest BCUT2D eigenvalue weighted by molar-refractivity contribution is 0.273. The Hall–Kier alpha value is -2.20. The lowest BCUT2D eigenvalue weighted by atomic mass is 10.1. The predicted octanol–water partition coefficient (Wildman–Crippen LogP) is 2.85. The number of aliphatic hydroxyl groups is 1. The molecular weight excluding hydrogens is 254 g/mol. The zero-order valence-electron chi connectivity index (χ0n) is 11.7. The summed E-state index contributed by atoms with van der Waals surface area (Å²) in [4.78, 5) is 0. The number of para-hydroxylation sites is 1. The summed E-state index contributed by atoms with van der Waals surface area (Å²) >= 11 is 0. The van der Waals surface area contributed by atoms with Gasteiger partial charge in [-0.05, 0) is 18.2 Å². The van der Waals surface area contributed by atoms with E-state index < -0.39 is 0 Å². The van der Waals surface area contributed by atoms with Crippen LogP contribution in [0.3, 0.4) is 0 Å². The average molecular weight is 273 g/mol. The zero-order valence-corrected chi connectivity index (χ0v) is 11.7. The van der Waals surface area contributed by atoms with Crippen molar-refractivity contribution in [3.05, 3.63) is 54.1 Å². The van der Waals surface area contributed by atoms with Gasteiger partial charge >= 0.3 is 0 Å². The van der Waals surface area contributed by atoms with E-state index in [-0.39, 0.29) is 12.6 Å². The van der Waals surface area contributed by atoms with Crippen molar-refractivity contribution in [3.63, 3.8) is 0 Å². The van der Waals surface area contributed by atoms with Crippen molar-refractivity contribution >= 4 is 5.69 Å². The lowest BCUT2D eigenvalue weighted by Crippen LogP contribution is -2.15. The van der Waals surface area contributed by atoms with Gasteiger partial charge in [-0.2, -0.15) is 0 Å². The fourth-order valence-electron chi connectivity index (χ4n) is 2.09. The summed E-state index contributed by atoms with van der Waals surface area (Å²) in [5, 5.41) is 12.9. The molecule has 0 fully saturated rings. The van der Waals surface area contributed by atoms with Crippen LogP contribution in [0.15, 0.2) is 48.5 Å². The van der Waals surface area contributed by atoms with Crippen LogP contribution in [0.2, 0.25) is 0 Å². The van der Waals surface area contributed by atoms with E-state index in [4.69, 9.17) is 9.47 Å². The molecule has 106 valence electrons. The molecule has 2 aromatic carbocycles. The molecule has 0 aliphatic heterocycles. The van der Waals surface area contributed by atoms with Gasteiger partial charge in [-0.3, -0.25) is 0 Å². The number of ether oxygens (including phenoxy) is 2. The van der Waals surface area contributed by atoms with E-state index in [0.29, 0.717) is 0 Å². The molecule has 4 heteroatoms. The fourth-order valence-corrected chi connectivity index (χ4v) is 2.09. The minimum Gasteiger partial charge on any atom is -0.497 e. The molecular formula is C16H19NO3. The van der Waals surface area contributed by atoms with Crippen LogP contribution in [0.1, 0.15) is 11.6 Å². The molecule has 20 heavy (non-hydrogen) atoms. The van der Waals surface area contributed by atoms with Gasteiger partial charge in [-0.1, -0.05) is 24.3 Å². The minimum atomic E-state index is -0.238. The number of hydrogen-bond acceptors (Lipinski definition) is 4. The Labute approximate surface area is 119 Å². The molecule has 2 aromatic rings. The summed E-state index contributed by atoms with van der Waals surface area (Å²) in [6.07, 6.45) is 0. The van der Waals surface area contributed by atoms with E-state index in [1.54, 1.807) is 14.2 Å².